The fourth-order valence-electron chi connectivity index (χ4n) is 3.37. The number of rotatable bonds is 7. The van der Waals surface area contributed by atoms with Gasteiger partial charge in [0.25, 0.3) is 5.91 Å². The van der Waals surface area contributed by atoms with Gasteiger partial charge in [-0.2, -0.15) is 4.98 Å². The Morgan fingerprint density at radius 1 is 1.03 bits per heavy atom. The molecule has 0 saturated carbocycles. The maximum Gasteiger partial charge on any atom is 0.345 e. The molecule has 178 valence electrons. The molecule has 0 spiro atoms. The first-order chi connectivity index (χ1) is 16.8. The minimum Gasteiger partial charge on any atom is -0.508 e. The maximum absolute atomic E-state index is 13.7. The van der Waals surface area contributed by atoms with E-state index in [1.165, 1.54) is 6.07 Å². The summed E-state index contributed by atoms with van der Waals surface area (Å²) >= 11 is 0. The summed E-state index contributed by atoms with van der Waals surface area (Å²) < 4.78 is 32.1. The summed E-state index contributed by atoms with van der Waals surface area (Å²) in [7, 11) is 0. The Kier molecular flexibility index (Phi) is 6.86. The number of nitrogens with zero attached hydrogens (tertiary/aromatic N) is 1. The molecule has 1 aromatic heterocycles. The number of carbonyl (C=O) groups is 1. The monoisotopic (exact) mass is 477 g/mol. The van der Waals surface area contributed by atoms with Crippen LogP contribution in [0.5, 0.6) is 11.5 Å². The van der Waals surface area contributed by atoms with E-state index in [1.807, 2.05) is 0 Å². The number of aromatic nitrogens is 2. The second-order valence-electron chi connectivity index (χ2n) is 7.81. The van der Waals surface area contributed by atoms with Gasteiger partial charge in [-0.1, -0.05) is 6.07 Å². The number of phenolic OH excluding ortho intramolecular Hbond substituents is 1. The summed E-state index contributed by atoms with van der Waals surface area (Å²) in [6.07, 6.45) is 0. The average molecular weight is 477 g/mol. The largest absolute Gasteiger partial charge is 0.508 e. The van der Waals surface area contributed by atoms with Crippen LogP contribution in [0.3, 0.4) is 0 Å². The first-order valence-electron chi connectivity index (χ1n) is 10.6. The number of carbonyl (C=O) groups excluding carboxylic acids is 1. The van der Waals surface area contributed by atoms with E-state index in [0.717, 1.165) is 12.1 Å². The van der Waals surface area contributed by atoms with Crippen molar-refractivity contribution in [2.45, 2.75) is 13.5 Å². The van der Waals surface area contributed by atoms with Crippen LogP contribution in [-0.4, -0.2) is 27.6 Å². The molecule has 35 heavy (non-hydrogen) atoms. The van der Waals surface area contributed by atoms with Crippen LogP contribution in [0.2, 0.25) is 0 Å². The maximum atomic E-state index is 13.7. The van der Waals surface area contributed by atoms with E-state index >= 15 is 0 Å². The Balaban J connectivity index is 1.39. The van der Waals surface area contributed by atoms with Crippen molar-refractivity contribution in [2.24, 2.45) is 0 Å². The summed E-state index contributed by atoms with van der Waals surface area (Å²) in [6.45, 7) is 1.37. The highest BCUT2D eigenvalue weighted by Gasteiger charge is 2.10. The number of H-pyrrole nitrogens is 1. The molecule has 0 saturated heterocycles. The zero-order valence-electron chi connectivity index (χ0n) is 18.6. The number of aromatic amines is 1. The molecule has 0 fully saturated rings. The number of nitrogens with one attached hydrogen (secondary N) is 2. The molecule has 0 atom stereocenters. The summed E-state index contributed by atoms with van der Waals surface area (Å²) in [6, 6.07) is 16.6. The molecule has 4 aromatic rings. The first kappa shape index (κ1) is 23.6. The van der Waals surface area contributed by atoms with Gasteiger partial charge < -0.3 is 20.1 Å². The van der Waals surface area contributed by atoms with Crippen LogP contribution in [0, 0.1) is 18.6 Å². The van der Waals surface area contributed by atoms with Gasteiger partial charge in [-0.25, -0.2) is 13.6 Å². The predicted molar refractivity (Wildman–Crippen MR) is 126 cm³/mol. The van der Waals surface area contributed by atoms with Gasteiger partial charge in [-0.3, -0.25) is 4.79 Å². The van der Waals surface area contributed by atoms with Gasteiger partial charge in [0.15, 0.2) is 6.61 Å². The normalized spacial score (nSPS) is 10.7. The molecule has 7 nitrogen and oxygen atoms in total. The lowest BCUT2D eigenvalue weighted by atomic mass is 10.1. The zero-order valence-corrected chi connectivity index (χ0v) is 18.6. The molecule has 9 heteroatoms. The third-order valence-electron chi connectivity index (χ3n) is 5.26. The van der Waals surface area contributed by atoms with E-state index in [4.69, 9.17) is 4.74 Å². The minimum absolute atomic E-state index is 0.0917. The van der Waals surface area contributed by atoms with Crippen LogP contribution in [-0.2, 0) is 11.3 Å². The van der Waals surface area contributed by atoms with Crippen LogP contribution in [0.25, 0.3) is 22.5 Å². The van der Waals surface area contributed by atoms with Crippen molar-refractivity contribution in [2.75, 3.05) is 6.61 Å². The summed E-state index contributed by atoms with van der Waals surface area (Å²) in [5.74, 6) is -1.31. The Bertz CT molecular complexity index is 1440. The van der Waals surface area contributed by atoms with Crippen molar-refractivity contribution in [3.63, 3.8) is 0 Å². The summed E-state index contributed by atoms with van der Waals surface area (Å²) in [4.78, 5) is 30.9. The number of phenols is 1. The van der Waals surface area contributed by atoms with E-state index < -0.39 is 23.2 Å². The van der Waals surface area contributed by atoms with Crippen molar-refractivity contribution in [3.8, 4) is 34.0 Å². The van der Waals surface area contributed by atoms with Crippen molar-refractivity contribution >= 4 is 5.91 Å². The number of aryl methyl sites for hydroxylation is 1. The van der Waals surface area contributed by atoms with Crippen molar-refractivity contribution in [3.05, 3.63) is 100.0 Å². The first-order valence-corrected chi connectivity index (χ1v) is 10.6. The minimum atomic E-state index is -0.736. The molecular weight excluding hydrogens is 456 g/mol. The molecule has 0 unspecified atom stereocenters. The summed E-state index contributed by atoms with van der Waals surface area (Å²) in [5.41, 5.74) is 2.70. The standard InChI is InChI=1S/C26H21F2N3O4/c1-15-10-17(5-9-24(15)32)23-12-22(30-26(34)31-23)16-3-7-20(8-4-16)35-14-25(33)29-13-18-2-6-19(27)11-21(18)28/h2-12,32H,13-14H2,1H3,(H,29,33)(H,30,31,34). The molecule has 0 radical (unpaired) electrons. The molecule has 3 N–H and O–H groups in total. The molecule has 0 aliphatic carbocycles. The highest BCUT2D eigenvalue weighted by Crippen LogP contribution is 2.26. The van der Waals surface area contributed by atoms with E-state index in [0.29, 0.717) is 33.8 Å². The summed E-state index contributed by atoms with van der Waals surface area (Å²) in [5, 5.41) is 12.2. The number of ether oxygens (including phenoxy) is 1. The molecule has 0 bridgehead atoms. The van der Waals surface area contributed by atoms with E-state index in [9.17, 15) is 23.5 Å². The predicted octanol–water partition coefficient (Wildman–Crippen LogP) is 4.09. The Labute approximate surface area is 199 Å². The molecule has 0 aliphatic heterocycles. The zero-order chi connectivity index (χ0) is 24.9. The van der Waals surface area contributed by atoms with E-state index in [1.54, 1.807) is 55.5 Å². The van der Waals surface area contributed by atoms with Crippen molar-refractivity contribution < 1.29 is 23.4 Å². The fourth-order valence-corrected chi connectivity index (χ4v) is 3.37. The lowest BCUT2D eigenvalue weighted by molar-refractivity contribution is -0.123. The second kappa shape index (κ2) is 10.2. The van der Waals surface area contributed by atoms with Crippen LogP contribution in [0.1, 0.15) is 11.1 Å². The number of amides is 1. The van der Waals surface area contributed by atoms with Crippen LogP contribution >= 0.6 is 0 Å². The third kappa shape index (κ3) is 5.89. The lowest BCUT2D eigenvalue weighted by Crippen LogP contribution is -2.28. The average Bonchev–Trinajstić information content (AvgIpc) is 2.84. The van der Waals surface area contributed by atoms with Crippen LogP contribution in [0.4, 0.5) is 8.78 Å². The number of benzene rings is 3. The van der Waals surface area contributed by atoms with Gasteiger partial charge in [-0.05, 0) is 72.6 Å². The van der Waals surface area contributed by atoms with E-state index in [-0.39, 0.29) is 24.5 Å². The fraction of sp³-hybridized carbons (Fsp3) is 0.115. The lowest BCUT2D eigenvalue weighted by Gasteiger charge is -2.10. The Morgan fingerprint density at radius 2 is 1.77 bits per heavy atom. The van der Waals surface area contributed by atoms with Crippen LogP contribution < -0.4 is 15.7 Å². The van der Waals surface area contributed by atoms with Crippen molar-refractivity contribution in [1.82, 2.24) is 15.3 Å². The molecular formula is C26H21F2N3O4. The molecule has 3 aromatic carbocycles. The van der Waals surface area contributed by atoms with Gasteiger partial charge in [0.05, 0.1) is 11.4 Å². The highest BCUT2D eigenvalue weighted by molar-refractivity contribution is 5.77. The topological polar surface area (TPSA) is 104 Å². The van der Waals surface area contributed by atoms with Gasteiger partial charge in [-0.15, -0.1) is 0 Å². The van der Waals surface area contributed by atoms with Gasteiger partial charge >= 0.3 is 5.69 Å². The quantitative estimate of drug-likeness (QED) is 0.372. The highest BCUT2D eigenvalue weighted by atomic mass is 19.1. The Hall–Kier alpha value is -4.53. The molecule has 0 aliphatic rings. The smallest absolute Gasteiger partial charge is 0.345 e. The van der Waals surface area contributed by atoms with Gasteiger partial charge in [0.1, 0.15) is 23.1 Å². The second-order valence-corrected chi connectivity index (χ2v) is 7.81. The molecule has 4 rings (SSSR count). The Morgan fingerprint density at radius 3 is 2.49 bits per heavy atom. The molecule has 1 amide bonds. The number of halogens is 2. The van der Waals surface area contributed by atoms with E-state index in [2.05, 4.69) is 15.3 Å². The number of hydrogen-bond acceptors (Lipinski definition) is 5. The van der Waals surface area contributed by atoms with Gasteiger partial charge in [0, 0.05) is 23.7 Å². The third-order valence-corrected chi connectivity index (χ3v) is 5.26. The SMILES string of the molecule is Cc1cc(-c2cc(-c3ccc(OCC(=O)NCc4ccc(F)cc4F)cc3)[nH]c(=O)n2)ccc1O. The number of aromatic hydroxyl groups is 1. The van der Waals surface area contributed by atoms with Gasteiger partial charge in [0.2, 0.25) is 0 Å². The number of hydrogen-bond donors (Lipinski definition) is 3. The van der Waals surface area contributed by atoms with Crippen molar-refractivity contribution in [1.29, 1.82) is 0 Å². The molecule has 1 heterocycles. The van der Waals surface area contributed by atoms with Crippen LogP contribution in [0.15, 0.2) is 71.5 Å².